The first kappa shape index (κ1) is 15.2. The third-order valence-corrected chi connectivity index (χ3v) is 4.00. The van der Waals surface area contributed by atoms with Gasteiger partial charge < -0.3 is 9.32 Å². The summed E-state index contributed by atoms with van der Waals surface area (Å²) in [6.45, 7) is 4.15. The van der Waals surface area contributed by atoms with Crippen LogP contribution in [0.15, 0.2) is 41.1 Å². The van der Waals surface area contributed by atoms with Crippen molar-refractivity contribution >= 4 is 16.9 Å². The molecule has 0 aliphatic rings. The number of hydrogen-bond acceptors (Lipinski definition) is 3. The lowest BCUT2D eigenvalue weighted by molar-refractivity contribution is 0.0754. The van der Waals surface area contributed by atoms with Gasteiger partial charge in [-0.25, -0.2) is 4.39 Å². The summed E-state index contributed by atoms with van der Waals surface area (Å²) in [5, 5.41) is 0.627. The third-order valence-electron chi connectivity index (χ3n) is 4.00. The Hall–Kier alpha value is -2.69. The second-order valence-electron chi connectivity index (χ2n) is 5.64. The van der Waals surface area contributed by atoms with Gasteiger partial charge >= 0.3 is 0 Å². The lowest BCUT2D eigenvalue weighted by Crippen LogP contribution is -2.26. The standard InChI is InChI=1S/C18H17FN2O2/c1-11-9-20-8-7-13(11)10-21(3)18(22)16-12(2)14-5-4-6-15(19)17(14)23-16/h4-9H,10H2,1-3H3. The van der Waals surface area contributed by atoms with Crippen molar-refractivity contribution in [2.75, 3.05) is 7.05 Å². The molecule has 23 heavy (non-hydrogen) atoms. The molecule has 1 amide bonds. The van der Waals surface area contributed by atoms with Crippen LogP contribution in [0, 0.1) is 19.7 Å². The number of pyridine rings is 1. The van der Waals surface area contributed by atoms with E-state index in [-0.39, 0.29) is 17.3 Å². The van der Waals surface area contributed by atoms with Crippen molar-refractivity contribution in [2.24, 2.45) is 0 Å². The van der Waals surface area contributed by atoms with E-state index in [4.69, 9.17) is 4.42 Å². The number of halogens is 1. The summed E-state index contributed by atoms with van der Waals surface area (Å²) in [6.07, 6.45) is 3.46. The number of hydrogen-bond donors (Lipinski definition) is 0. The molecule has 2 heterocycles. The molecule has 0 fully saturated rings. The molecule has 0 saturated carbocycles. The van der Waals surface area contributed by atoms with Crippen molar-refractivity contribution in [2.45, 2.75) is 20.4 Å². The molecule has 0 aliphatic carbocycles. The van der Waals surface area contributed by atoms with Crippen LogP contribution in [0.1, 0.15) is 27.2 Å². The molecule has 0 radical (unpaired) electrons. The van der Waals surface area contributed by atoms with Crippen LogP contribution in [0.3, 0.4) is 0 Å². The second-order valence-corrected chi connectivity index (χ2v) is 5.64. The number of rotatable bonds is 3. The minimum atomic E-state index is -0.461. The molecule has 2 aromatic heterocycles. The van der Waals surface area contributed by atoms with Crippen molar-refractivity contribution < 1.29 is 13.6 Å². The molecule has 0 saturated heterocycles. The summed E-state index contributed by atoms with van der Waals surface area (Å²) in [5.74, 6) is -0.550. The van der Waals surface area contributed by atoms with Crippen LogP contribution in [0.25, 0.3) is 11.0 Å². The van der Waals surface area contributed by atoms with Gasteiger partial charge in [0.1, 0.15) is 0 Å². The lowest BCUT2D eigenvalue weighted by Gasteiger charge is -2.17. The van der Waals surface area contributed by atoms with Crippen molar-refractivity contribution in [1.29, 1.82) is 0 Å². The van der Waals surface area contributed by atoms with E-state index in [1.807, 2.05) is 13.0 Å². The average molecular weight is 312 g/mol. The molecule has 1 aromatic carbocycles. The zero-order chi connectivity index (χ0) is 16.6. The van der Waals surface area contributed by atoms with Crippen LogP contribution in [0.5, 0.6) is 0 Å². The van der Waals surface area contributed by atoms with Gasteiger partial charge in [0.05, 0.1) is 0 Å². The first-order valence-electron chi connectivity index (χ1n) is 7.31. The number of aromatic nitrogens is 1. The Labute approximate surface area is 133 Å². The molecule has 4 nitrogen and oxygen atoms in total. The molecule has 0 spiro atoms. The molecule has 0 bridgehead atoms. The Morgan fingerprint density at radius 2 is 2.09 bits per heavy atom. The summed E-state index contributed by atoms with van der Waals surface area (Å²) in [6, 6.07) is 6.56. The molecular formula is C18H17FN2O2. The van der Waals surface area contributed by atoms with Crippen molar-refractivity contribution in [3.8, 4) is 0 Å². The van der Waals surface area contributed by atoms with Crippen LogP contribution in [0.2, 0.25) is 0 Å². The molecule has 3 rings (SSSR count). The number of fused-ring (bicyclic) bond motifs is 1. The van der Waals surface area contributed by atoms with Crippen LogP contribution in [-0.2, 0) is 6.54 Å². The zero-order valence-electron chi connectivity index (χ0n) is 13.3. The Balaban J connectivity index is 1.92. The van der Waals surface area contributed by atoms with Gasteiger partial charge in [-0.2, -0.15) is 0 Å². The summed E-state index contributed by atoms with van der Waals surface area (Å²) in [7, 11) is 1.70. The topological polar surface area (TPSA) is 46.3 Å². The zero-order valence-corrected chi connectivity index (χ0v) is 13.3. The van der Waals surface area contributed by atoms with Gasteiger partial charge in [0, 0.05) is 36.9 Å². The molecule has 0 aliphatic heterocycles. The molecule has 0 atom stereocenters. The summed E-state index contributed by atoms with van der Waals surface area (Å²) < 4.78 is 19.3. The second kappa shape index (κ2) is 5.83. The van der Waals surface area contributed by atoms with E-state index in [2.05, 4.69) is 4.98 Å². The van der Waals surface area contributed by atoms with Gasteiger partial charge in [-0.05, 0) is 37.1 Å². The molecular weight excluding hydrogens is 295 g/mol. The molecule has 0 N–H and O–H groups in total. The van der Waals surface area contributed by atoms with Gasteiger partial charge in [-0.1, -0.05) is 12.1 Å². The minimum absolute atomic E-state index is 0.127. The summed E-state index contributed by atoms with van der Waals surface area (Å²) >= 11 is 0. The van der Waals surface area contributed by atoms with Crippen molar-refractivity contribution in [1.82, 2.24) is 9.88 Å². The maximum Gasteiger partial charge on any atom is 0.289 e. The van der Waals surface area contributed by atoms with Gasteiger partial charge in [0.15, 0.2) is 17.2 Å². The van der Waals surface area contributed by atoms with E-state index in [1.165, 1.54) is 6.07 Å². The van der Waals surface area contributed by atoms with Gasteiger partial charge in [-0.3, -0.25) is 9.78 Å². The number of carbonyl (C=O) groups is 1. The largest absolute Gasteiger partial charge is 0.448 e. The first-order valence-corrected chi connectivity index (χ1v) is 7.31. The number of carbonyl (C=O) groups excluding carboxylic acids is 1. The maximum absolute atomic E-state index is 13.8. The Morgan fingerprint density at radius 3 is 2.78 bits per heavy atom. The fourth-order valence-electron chi connectivity index (χ4n) is 2.59. The van der Waals surface area contributed by atoms with Gasteiger partial charge in [0.2, 0.25) is 0 Å². The highest BCUT2D eigenvalue weighted by atomic mass is 19.1. The Morgan fingerprint density at radius 1 is 1.30 bits per heavy atom. The van der Waals surface area contributed by atoms with E-state index < -0.39 is 5.82 Å². The predicted molar refractivity (Wildman–Crippen MR) is 85.7 cm³/mol. The number of amides is 1. The fourth-order valence-corrected chi connectivity index (χ4v) is 2.59. The Bertz CT molecular complexity index is 886. The van der Waals surface area contributed by atoms with E-state index in [0.717, 1.165) is 11.1 Å². The van der Waals surface area contributed by atoms with Gasteiger partial charge in [0.25, 0.3) is 5.91 Å². The monoisotopic (exact) mass is 312 g/mol. The first-order chi connectivity index (χ1) is 11.0. The summed E-state index contributed by atoms with van der Waals surface area (Å²) in [4.78, 5) is 18.3. The number of aryl methyl sites for hydroxylation is 2. The van der Waals surface area contributed by atoms with Crippen molar-refractivity contribution in [3.63, 3.8) is 0 Å². The van der Waals surface area contributed by atoms with E-state index >= 15 is 0 Å². The molecule has 0 unspecified atom stereocenters. The fraction of sp³-hybridized carbons (Fsp3) is 0.222. The predicted octanol–water partition coefficient (Wildman–Crippen LogP) is 3.86. The highest BCUT2D eigenvalue weighted by Gasteiger charge is 2.22. The van der Waals surface area contributed by atoms with Crippen molar-refractivity contribution in [3.05, 3.63) is 64.9 Å². The highest BCUT2D eigenvalue weighted by Crippen LogP contribution is 2.28. The molecule has 3 aromatic rings. The minimum Gasteiger partial charge on any atom is -0.448 e. The highest BCUT2D eigenvalue weighted by molar-refractivity contribution is 5.98. The van der Waals surface area contributed by atoms with Crippen LogP contribution >= 0.6 is 0 Å². The van der Waals surface area contributed by atoms with E-state index in [1.54, 1.807) is 43.4 Å². The van der Waals surface area contributed by atoms with Crippen LogP contribution < -0.4 is 0 Å². The molecule has 5 heteroatoms. The maximum atomic E-state index is 13.8. The number of para-hydroxylation sites is 1. The normalized spacial score (nSPS) is 11.0. The van der Waals surface area contributed by atoms with Crippen LogP contribution in [-0.4, -0.2) is 22.8 Å². The molecule has 118 valence electrons. The van der Waals surface area contributed by atoms with E-state index in [9.17, 15) is 9.18 Å². The van der Waals surface area contributed by atoms with E-state index in [0.29, 0.717) is 17.5 Å². The Kier molecular flexibility index (Phi) is 3.86. The van der Waals surface area contributed by atoms with Crippen LogP contribution in [0.4, 0.5) is 4.39 Å². The lowest BCUT2D eigenvalue weighted by atomic mass is 10.1. The number of benzene rings is 1. The average Bonchev–Trinajstić information content (AvgIpc) is 2.87. The SMILES string of the molecule is Cc1cnccc1CN(C)C(=O)c1oc2c(F)cccc2c1C. The number of furan rings is 1. The quantitative estimate of drug-likeness (QED) is 0.738. The summed E-state index contributed by atoms with van der Waals surface area (Å²) in [5.41, 5.74) is 2.81. The van der Waals surface area contributed by atoms with Gasteiger partial charge in [-0.15, -0.1) is 0 Å². The number of nitrogens with zero attached hydrogens (tertiary/aromatic N) is 2. The third kappa shape index (κ3) is 2.70. The smallest absolute Gasteiger partial charge is 0.289 e.